The zero-order valence-electron chi connectivity index (χ0n) is 18.7. The van der Waals surface area contributed by atoms with Gasteiger partial charge in [0.05, 0.1) is 19.0 Å². The molecule has 2 amide bonds. The van der Waals surface area contributed by atoms with E-state index < -0.39 is 23.9 Å². The van der Waals surface area contributed by atoms with E-state index in [1.807, 2.05) is 0 Å². The lowest BCUT2D eigenvalue weighted by molar-refractivity contribution is -0.132. The van der Waals surface area contributed by atoms with Crippen LogP contribution in [0.2, 0.25) is 0 Å². The molecule has 11 heteroatoms. The van der Waals surface area contributed by atoms with E-state index in [1.54, 1.807) is 54.6 Å². The van der Waals surface area contributed by atoms with Crippen LogP contribution in [0, 0.1) is 0 Å². The minimum atomic E-state index is -0.878. The second kappa shape index (κ2) is 11.8. The Labute approximate surface area is 214 Å². The van der Waals surface area contributed by atoms with Gasteiger partial charge < -0.3 is 23.9 Å². The fraction of sp³-hybridized carbons (Fsp3) is 0.120. The van der Waals surface area contributed by atoms with Gasteiger partial charge in [-0.05, 0) is 48.5 Å². The quantitative estimate of drug-likeness (QED) is 0.144. The van der Waals surface area contributed by atoms with Crippen LogP contribution in [-0.2, 0) is 14.4 Å². The number of hydrazone groups is 1. The highest BCUT2D eigenvalue weighted by atomic mass is 79.9. The topological polar surface area (TPSA) is 128 Å². The third-order valence-corrected chi connectivity index (χ3v) is 5.22. The van der Waals surface area contributed by atoms with Crippen molar-refractivity contribution in [3.63, 3.8) is 0 Å². The van der Waals surface area contributed by atoms with E-state index in [-0.39, 0.29) is 18.9 Å². The number of nitrogens with one attached hydrogen (secondary N) is 2. The first kappa shape index (κ1) is 24.7. The molecular formula is C25H20BrN3O7. The number of halogens is 1. The molecule has 2 aromatic carbocycles. The highest BCUT2D eigenvalue weighted by Gasteiger charge is 2.27. The van der Waals surface area contributed by atoms with Crippen LogP contribution in [-0.4, -0.2) is 43.3 Å². The Morgan fingerprint density at radius 1 is 1.11 bits per heavy atom. The van der Waals surface area contributed by atoms with Crippen LogP contribution in [0.15, 0.2) is 80.9 Å². The van der Waals surface area contributed by atoms with Crippen molar-refractivity contribution in [3.8, 4) is 17.2 Å². The van der Waals surface area contributed by atoms with Gasteiger partial charge in [-0.3, -0.25) is 9.59 Å². The molecule has 3 aromatic rings. The Kier molecular flexibility index (Phi) is 8.14. The molecule has 184 valence electrons. The highest BCUT2D eigenvalue weighted by Crippen LogP contribution is 2.30. The van der Waals surface area contributed by atoms with Gasteiger partial charge in [0.2, 0.25) is 6.10 Å². The van der Waals surface area contributed by atoms with Crippen LogP contribution in [0.3, 0.4) is 0 Å². The van der Waals surface area contributed by atoms with Gasteiger partial charge in [0, 0.05) is 16.1 Å². The average molecular weight is 554 g/mol. The molecule has 0 saturated carbocycles. The number of benzene rings is 2. The number of ether oxygens (including phenoxy) is 3. The van der Waals surface area contributed by atoms with Gasteiger partial charge in [-0.25, -0.2) is 10.2 Å². The lowest BCUT2D eigenvalue weighted by Gasteiger charge is -2.25. The van der Waals surface area contributed by atoms with E-state index in [1.165, 1.54) is 24.6 Å². The van der Waals surface area contributed by atoms with E-state index in [4.69, 9.17) is 18.6 Å². The van der Waals surface area contributed by atoms with E-state index in [2.05, 4.69) is 31.8 Å². The number of fused-ring (bicyclic) bond motifs is 1. The van der Waals surface area contributed by atoms with Gasteiger partial charge in [0.25, 0.3) is 11.8 Å². The number of nitrogens with zero attached hydrogens (tertiary/aromatic N) is 1. The molecule has 0 saturated heterocycles. The number of esters is 1. The maximum Gasteiger partial charge on any atom is 0.336 e. The average Bonchev–Trinajstić information content (AvgIpc) is 3.41. The molecule has 0 aliphatic carbocycles. The molecule has 0 fully saturated rings. The summed E-state index contributed by atoms with van der Waals surface area (Å²) < 4.78 is 22.3. The van der Waals surface area contributed by atoms with Crippen molar-refractivity contribution >= 4 is 46.0 Å². The molecule has 2 heterocycles. The summed E-state index contributed by atoms with van der Waals surface area (Å²) in [6.45, 7) is -0.292. The lowest BCUT2D eigenvalue weighted by atomic mass is 10.2. The molecule has 10 nitrogen and oxygen atoms in total. The van der Waals surface area contributed by atoms with E-state index in [9.17, 15) is 14.4 Å². The first-order valence-corrected chi connectivity index (χ1v) is 11.5. The summed E-state index contributed by atoms with van der Waals surface area (Å²) in [5.74, 6) is 0.0745. The highest BCUT2D eigenvalue weighted by molar-refractivity contribution is 9.10. The number of hydrogen-bond donors (Lipinski definition) is 2. The van der Waals surface area contributed by atoms with Gasteiger partial charge in [-0.1, -0.05) is 28.1 Å². The van der Waals surface area contributed by atoms with Crippen molar-refractivity contribution < 1.29 is 33.0 Å². The van der Waals surface area contributed by atoms with Gasteiger partial charge >= 0.3 is 5.97 Å². The molecule has 0 unspecified atom stereocenters. The molecule has 0 bridgehead atoms. The third-order valence-electron chi connectivity index (χ3n) is 4.73. The molecule has 1 atom stereocenters. The first-order chi connectivity index (χ1) is 17.5. The zero-order chi connectivity index (χ0) is 25.3. The SMILES string of the molecule is O=C(CNC(=O)[C@@H]1COc2ccccc2O1)N/N=C\c1cc(Br)ccc1OC(=O)/C=C\c1ccco1. The van der Waals surface area contributed by atoms with Crippen LogP contribution < -0.4 is 25.0 Å². The number of carbonyl (C=O) groups excluding carboxylic acids is 3. The van der Waals surface area contributed by atoms with Crippen LogP contribution in [0.25, 0.3) is 6.08 Å². The number of rotatable bonds is 8. The lowest BCUT2D eigenvalue weighted by Crippen LogP contribution is -2.46. The van der Waals surface area contributed by atoms with Crippen molar-refractivity contribution in [2.45, 2.75) is 6.10 Å². The van der Waals surface area contributed by atoms with Crippen LogP contribution in [0.4, 0.5) is 0 Å². The van der Waals surface area contributed by atoms with Gasteiger partial charge in [-0.15, -0.1) is 0 Å². The van der Waals surface area contributed by atoms with Gasteiger partial charge in [0.1, 0.15) is 18.1 Å². The predicted molar refractivity (Wildman–Crippen MR) is 133 cm³/mol. The van der Waals surface area contributed by atoms with Crippen LogP contribution in [0.5, 0.6) is 17.2 Å². The second-order valence-corrected chi connectivity index (χ2v) is 8.24. The maximum absolute atomic E-state index is 12.3. The number of carbonyl (C=O) groups is 3. The zero-order valence-corrected chi connectivity index (χ0v) is 20.3. The second-order valence-electron chi connectivity index (χ2n) is 7.33. The minimum Gasteiger partial charge on any atom is -0.485 e. The summed E-state index contributed by atoms with van der Waals surface area (Å²) in [5.41, 5.74) is 2.74. The molecule has 1 aliphatic heterocycles. The fourth-order valence-electron chi connectivity index (χ4n) is 3.04. The number of para-hydroxylation sites is 2. The Morgan fingerprint density at radius 2 is 1.94 bits per heavy atom. The molecule has 1 aliphatic rings. The standard InChI is InChI=1S/C25H20BrN3O7/c26-17-7-9-19(36-24(31)10-8-18-4-3-11-33-18)16(12-17)13-28-29-23(30)14-27-25(32)22-15-34-20-5-1-2-6-21(20)35-22/h1-13,22H,14-15H2,(H,27,32)(H,29,30)/b10-8-,28-13-/t22-/m0/s1. The van der Waals surface area contributed by atoms with Crippen molar-refractivity contribution in [2.24, 2.45) is 5.10 Å². The number of amides is 2. The normalized spacial score (nSPS) is 14.5. The summed E-state index contributed by atoms with van der Waals surface area (Å²) in [4.78, 5) is 36.6. The summed E-state index contributed by atoms with van der Waals surface area (Å²) in [7, 11) is 0. The van der Waals surface area contributed by atoms with E-state index >= 15 is 0 Å². The van der Waals surface area contributed by atoms with Gasteiger partial charge in [-0.2, -0.15) is 5.10 Å². The summed E-state index contributed by atoms with van der Waals surface area (Å²) in [5, 5.41) is 6.36. The Bertz CT molecular complexity index is 1300. The van der Waals surface area contributed by atoms with Crippen molar-refractivity contribution in [2.75, 3.05) is 13.2 Å². The first-order valence-electron chi connectivity index (χ1n) is 10.7. The van der Waals surface area contributed by atoms with Crippen molar-refractivity contribution in [3.05, 3.63) is 82.7 Å². The van der Waals surface area contributed by atoms with E-state index in [0.717, 1.165) is 0 Å². The molecule has 2 N–H and O–H groups in total. The number of furan rings is 1. The summed E-state index contributed by atoms with van der Waals surface area (Å²) >= 11 is 3.34. The monoisotopic (exact) mass is 553 g/mol. The molecule has 36 heavy (non-hydrogen) atoms. The molecule has 0 radical (unpaired) electrons. The van der Waals surface area contributed by atoms with Crippen molar-refractivity contribution in [1.82, 2.24) is 10.7 Å². The molecular weight excluding hydrogens is 534 g/mol. The maximum atomic E-state index is 12.3. The Morgan fingerprint density at radius 3 is 2.75 bits per heavy atom. The van der Waals surface area contributed by atoms with Crippen LogP contribution >= 0.6 is 15.9 Å². The molecule has 4 rings (SSSR count). The van der Waals surface area contributed by atoms with Crippen LogP contribution in [0.1, 0.15) is 11.3 Å². The van der Waals surface area contributed by atoms with Crippen molar-refractivity contribution in [1.29, 1.82) is 0 Å². The Hall–Kier alpha value is -4.38. The minimum absolute atomic E-state index is 0.0315. The third kappa shape index (κ3) is 6.83. The Balaban J connectivity index is 1.27. The summed E-state index contributed by atoms with van der Waals surface area (Å²) in [6.07, 6.45) is 4.64. The largest absolute Gasteiger partial charge is 0.485 e. The predicted octanol–water partition coefficient (Wildman–Crippen LogP) is 3.07. The molecule has 1 aromatic heterocycles. The number of hydrogen-bond acceptors (Lipinski definition) is 8. The smallest absolute Gasteiger partial charge is 0.336 e. The molecule has 0 spiro atoms. The fourth-order valence-corrected chi connectivity index (χ4v) is 3.41. The van der Waals surface area contributed by atoms with Gasteiger partial charge in [0.15, 0.2) is 11.5 Å². The van der Waals surface area contributed by atoms with E-state index in [0.29, 0.717) is 27.3 Å². The summed E-state index contributed by atoms with van der Waals surface area (Å²) in [6, 6.07) is 15.3.